The smallest absolute Gasteiger partial charge is 0.191 e. The number of benzene rings is 1. The molecule has 26 heavy (non-hydrogen) atoms. The van der Waals surface area contributed by atoms with E-state index in [0.717, 1.165) is 38.4 Å². The Morgan fingerprint density at radius 1 is 1.27 bits per heavy atom. The summed E-state index contributed by atoms with van der Waals surface area (Å²) in [4.78, 5) is 9.23. The molecule has 0 aliphatic carbocycles. The first kappa shape index (κ1) is 20.7. The molecule has 1 saturated heterocycles. The predicted octanol–water partition coefficient (Wildman–Crippen LogP) is 2.54. The number of guanidine groups is 1. The van der Waals surface area contributed by atoms with E-state index in [0.29, 0.717) is 12.1 Å². The van der Waals surface area contributed by atoms with E-state index < -0.39 is 0 Å². The van der Waals surface area contributed by atoms with Crippen LogP contribution in [0.2, 0.25) is 0 Å². The van der Waals surface area contributed by atoms with Crippen molar-refractivity contribution in [2.24, 2.45) is 4.99 Å². The van der Waals surface area contributed by atoms with E-state index in [1.807, 2.05) is 7.05 Å². The van der Waals surface area contributed by atoms with E-state index in [1.54, 1.807) is 0 Å². The fourth-order valence-electron chi connectivity index (χ4n) is 3.25. The molecule has 0 spiro atoms. The molecule has 1 aromatic rings. The molecule has 1 aromatic carbocycles. The van der Waals surface area contributed by atoms with Crippen LogP contribution < -0.4 is 10.6 Å². The number of rotatable bonds is 6. The molecule has 5 nitrogen and oxygen atoms in total. The topological polar surface area (TPSA) is 42.9 Å². The fourth-order valence-corrected chi connectivity index (χ4v) is 3.25. The van der Waals surface area contributed by atoms with E-state index in [2.05, 4.69) is 90.6 Å². The third kappa shape index (κ3) is 5.99. The minimum absolute atomic E-state index is 0.0873. The molecule has 2 unspecified atom stereocenters. The summed E-state index contributed by atoms with van der Waals surface area (Å²) in [6.45, 7) is 9.83. The van der Waals surface area contributed by atoms with Crippen molar-refractivity contribution in [2.75, 3.05) is 34.2 Å². The fraction of sp³-hybridized carbons (Fsp3) is 0.667. The third-order valence-electron chi connectivity index (χ3n) is 5.71. The van der Waals surface area contributed by atoms with Gasteiger partial charge in [0.2, 0.25) is 0 Å². The van der Waals surface area contributed by atoms with E-state index in [4.69, 9.17) is 0 Å². The Morgan fingerprint density at radius 3 is 2.54 bits per heavy atom. The van der Waals surface area contributed by atoms with Crippen LogP contribution in [0.25, 0.3) is 0 Å². The normalized spacial score (nSPS) is 22.5. The van der Waals surface area contributed by atoms with Gasteiger partial charge in [-0.05, 0) is 53.3 Å². The van der Waals surface area contributed by atoms with Gasteiger partial charge in [0.1, 0.15) is 0 Å². The number of nitrogens with zero attached hydrogens (tertiary/aromatic N) is 3. The van der Waals surface area contributed by atoms with Gasteiger partial charge in [-0.2, -0.15) is 0 Å². The summed E-state index contributed by atoms with van der Waals surface area (Å²) in [6.07, 6.45) is 2.29. The Kier molecular flexibility index (Phi) is 7.47. The van der Waals surface area contributed by atoms with Crippen LogP contribution in [-0.4, -0.2) is 67.6 Å². The standard InChI is InChI=1S/C21H37N5/c1-17-14-19(12-13-26(17)15-18-10-8-7-9-11-18)24-20(22-4)23-16-21(2,3)25(5)6/h7-11,17,19H,12-16H2,1-6H3,(H2,22,23,24). The first-order chi connectivity index (χ1) is 12.3. The van der Waals surface area contributed by atoms with Crippen LogP contribution in [0.5, 0.6) is 0 Å². The van der Waals surface area contributed by atoms with Crippen LogP contribution in [0.15, 0.2) is 35.3 Å². The molecule has 1 aliphatic rings. The molecule has 1 fully saturated rings. The second kappa shape index (κ2) is 9.38. The molecule has 2 N–H and O–H groups in total. The molecule has 0 radical (unpaired) electrons. The van der Waals surface area contributed by atoms with Crippen LogP contribution in [0, 0.1) is 0 Å². The Hall–Kier alpha value is -1.59. The van der Waals surface area contributed by atoms with Gasteiger partial charge in [-0.25, -0.2) is 0 Å². The highest BCUT2D eigenvalue weighted by molar-refractivity contribution is 5.80. The Labute approximate surface area is 159 Å². The van der Waals surface area contributed by atoms with Gasteiger partial charge in [-0.15, -0.1) is 0 Å². The maximum absolute atomic E-state index is 4.42. The first-order valence-electron chi connectivity index (χ1n) is 9.74. The quantitative estimate of drug-likeness (QED) is 0.605. The van der Waals surface area contributed by atoms with Gasteiger partial charge in [0.15, 0.2) is 5.96 Å². The Balaban J connectivity index is 1.82. The van der Waals surface area contributed by atoms with Crippen molar-refractivity contribution in [3.63, 3.8) is 0 Å². The molecule has 5 heteroatoms. The third-order valence-corrected chi connectivity index (χ3v) is 5.71. The van der Waals surface area contributed by atoms with Gasteiger partial charge >= 0.3 is 0 Å². The van der Waals surface area contributed by atoms with Crippen molar-refractivity contribution < 1.29 is 0 Å². The van der Waals surface area contributed by atoms with Crippen molar-refractivity contribution >= 4 is 5.96 Å². The van der Waals surface area contributed by atoms with Crippen molar-refractivity contribution in [2.45, 2.75) is 57.8 Å². The number of aliphatic imine (C=N–C) groups is 1. The Bertz CT molecular complexity index is 567. The van der Waals surface area contributed by atoms with Crippen LogP contribution in [0.3, 0.4) is 0 Å². The first-order valence-corrected chi connectivity index (χ1v) is 9.74. The lowest BCUT2D eigenvalue weighted by Gasteiger charge is -2.39. The van der Waals surface area contributed by atoms with Crippen LogP contribution in [-0.2, 0) is 6.54 Å². The highest BCUT2D eigenvalue weighted by Crippen LogP contribution is 2.20. The molecule has 1 aliphatic heterocycles. The maximum Gasteiger partial charge on any atom is 0.191 e. The van der Waals surface area contributed by atoms with Gasteiger partial charge in [0.05, 0.1) is 0 Å². The van der Waals surface area contributed by atoms with Crippen LogP contribution in [0.4, 0.5) is 0 Å². The van der Waals surface area contributed by atoms with Crippen LogP contribution in [0.1, 0.15) is 39.2 Å². The summed E-state index contributed by atoms with van der Waals surface area (Å²) in [5.74, 6) is 0.911. The number of likely N-dealkylation sites (N-methyl/N-ethyl adjacent to an activating group) is 1. The summed E-state index contributed by atoms with van der Waals surface area (Å²) in [7, 11) is 6.08. The molecular weight excluding hydrogens is 322 g/mol. The molecule has 146 valence electrons. The zero-order valence-electron chi connectivity index (χ0n) is 17.4. The minimum atomic E-state index is 0.0873. The predicted molar refractivity (Wildman–Crippen MR) is 112 cm³/mol. The molecule has 1 heterocycles. The number of nitrogens with one attached hydrogen (secondary N) is 2. The van der Waals surface area contributed by atoms with Gasteiger partial charge in [0, 0.05) is 44.3 Å². The number of likely N-dealkylation sites (tertiary alicyclic amines) is 1. The van der Waals surface area contributed by atoms with E-state index in [-0.39, 0.29) is 5.54 Å². The lowest BCUT2D eigenvalue weighted by molar-refractivity contribution is 0.134. The maximum atomic E-state index is 4.42. The summed E-state index contributed by atoms with van der Waals surface area (Å²) in [5, 5.41) is 7.11. The van der Waals surface area contributed by atoms with Gasteiger partial charge in [0.25, 0.3) is 0 Å². The molecular formula is C21H37N5. The number of hydrogen-bond donors (Lipinski definition) is 2. The highest BCUT2D eigenvalue weighted by Gasteiger charge is 2.26. The second-order valence-corrected chi connectivity index (χ2v) is 8.30. The lowest BCUT2D eigenvalue weighted by Crippen LogP contribution is -2.54. The van der Waals surface area contributed by atoms with E-state index in [1.165, 1.54) is 5.56 Å². The monoisotopic (exact) mass is 359 g/mol. The molecule has 0 bridgehead atoms. The summed E-state index contributed by atoms with van der Waals surface area (Å²) >= 11 is 0. The molecule has 2 atom stereocenters. The molecule has 2 rings (SSSR count). The van der Waals surface area contributed by atoms with Crippen molar-refractivity contribution in [1.82, 2.24) is 20.4 Å². The number of piperidine rings is 1. The summed E-state index contributed by atoms with van der Waals surface area (Å²) in [6, 6.07) is 11.8. The summed E-state index contributed by atoms with van der Waals surface area (Å²) < 4.78 is 0. The van der Waals surface area contributed by atoms with Gasteiger partial charge in [-0.3, -0.25) is 9.89 Å². The highest BCUT2D eigenvalue weighted by atomic mass is 15.2. The zero-order chi connectivity index (χ0) is 19.2. The lowest BCUT2D eigenvalue weighted by atomic mass is 9.97. The van der Waals surface area contributed by atoms with Gasteiger partial charge < -0.3 is 15.5 Å². The van der Waals surface area contributed by atoms with E-state index >= 15 is 0 Å². The van der Waals surface area contributed by atoms with Gasteiger partial charge in [-0.1, -0.05) is 30.3 Å². The SMILES string of the molecule is CN=C(NCC(C)(C)N(C)C)NC1CCN(Cc2ccccc2)C(C)C1. The number of hydrogen-bond acceptors (Lipinski definition) is 3. The largest absolute Gasteiger partial charge is 0.355 e. The molecule has 0 aromatic heterocycles. The average Bonchev–Trinajstić information content (AvgIpc) is 2.61. The molecule has 0 amide bonds. The molecule has 0 saturated carbocycles. The van der Waals surface area contributed by atoms with E-state index in [9.17, 15) is 0 Å². The minimum Gasteiger partial charge on any atom is -0.355 e. The van der Waals surface area contributed by atoms with Crippen molar-refractivity contribution in [3.05, 3.63) is 35.9 Å². The van der Waals surface area contributed by atoms with Crippen molar-refractivity contribution in [3.8, 4) is 0 Å². The van der Waals surface area contributed by atoms with Crippen molar-refractivity contribution in [1.29, 1.82) is 0 Å². The Morgan fingerprint density at radius 2 is 1.96 bits per heavy atom. The average molecular weight is 360 g/mol. The van der Waals surface area contributed by atoms with Crippen LogP contribution >= 0.6 is 0 Å². The summed E-state index contributed by atoms with van der Waals surface area (Å²) in [5.41, 5.74) is 1.48. The second-order valence-electron chi connectivity index (χ2n) is 8.30. The zero-order valence-corrected chi connectivity index (χ0v) is 17.4.